The Labute approximate surface area is 79.7 Å². The highest BCUT2D eigenvalue weighted by Gasteiger charge is 2.14. The normalized spacial score (nSPS) is 14.8. The van der Waals surface area contributed by atoms with E-state index in [4.69, 9.17) is 4.74 Å². The summed E-state index contributed by atoms with van der Waals surface area (Å²) < 4.78 is 33.1. The maximum Gasteiger partial charge on any atom is 0.388 e. The van der Waals surface area contributed by atoms with Crippen LogP contribution in [0.5, 0.6) is 11.8 Å². The van der Waals surface area contributed by atoms with Crippen LogP contribution in [0, 0.1) is 0 Å². The first kappa shape index (κ1) is 9.18. The average Bonchev–Trinajstić information content (AvgIpc) is 2.17. The zero-order chi connectivity index (χ0) is 9.97. The fourth-order valence-electron chi connectivity index (χ4n) is 1.36. The molecule has 0 radical (unpaired) electrons. The third-order valence-electron chi connectivity index (χ3n) is 1.95. The zero-order valence-electron chi connectivity index (χ0n) is 7.37. The minimum Gasteiger partial charge on any atom is -0.477 e. The van der Waals surface area contributed by atoms with Crippen LogP contribution < -0.4 is 9.47 Å². The Hall–Kier alpha value is -1.39. The van der Waals surface area contributed by atoms with Gasteiger partial charge in [0, 0.05) is 11.6 Å². The zero-order valence-corrected chi connectivity index (χ0v) is 7.37. The number of hydrogen-bond donors (Lipinski definition) is 0. The first-order valence-electron chi connectivity index (χ1n) is 4.33. The molecule has 76 valence electrons. The van der Waals surface area contributed by atoms with E-state index >= 15 is 0 Å². The number of halogens is 2. The number of fused-ring (bicyclic) bond motifs is 1. The molecule has 0 aromatic carbocycles. The predicted octanol–water partition coefficient (Wildman–Crippen LogP) is 2.01. The Morgan fingerprint density at radius 2 is 2.29 bits per heavy atom. The number of rotatable bonds is 2. The monoisotopic (exact) mass is 201 g/mol. The van der Waals surface area contributed by atoms with Crippen LogP contribution in [0.2, 0.25) is 0 Å². The first-order chi connectivity index (χ1) is 6.75. The third-order valence-corrected chi connectivity index (χ3v) is 1.95. The van der Waals surface area contributed by atoms with E-state index in [1.54, 1.807) is 6.07 Å². The van der Waals surface area contributed by atoms with Crippen molar-refractivity contribution in [3.8, 4) is 11.8 Å². The molecule has 0 N–H and O–H groups in total. The van der Waals surface area contributed by atoms with Crippen molar-refractivity contribution in [3.63, 3.8) is 0 Å². The van der Waals surface area contributed by atoms with Crippen molar-refractivity contribution in [1.82, 2.24) is 4.98 Å². The molecule has 1 aliphatic rings. The van der Waals surface area contributed by atoms with Gasteiger partial charge in [-0.2, -0.15) is 13.8 Å². The van der Waals surface area contributed by atoms with Crippen LogP contribution in [0.1, 0.15) is 12.0 Å². The second-order valence-electron chi connectivity index (χ2n) is 2.94. The lowest BCUT2D eigenvalue weighted by molar-refractivity contribution is -0.0531. The van der Waals surface area contributed by atoms with Gasteiger partial charge in [-0.1, -0.05) is 0 Å². The average molecular weight is 201 g/mol. The minimum absolute atomic E-state index is 0.0966. The highest BCUT2D eigenvalue weighted by Crippen LogP contribution is 2.25. The molecule has 1 aromatic rings. The van der Waals surface area contributed by atoms with Crippen LogP contribution in [0.25, 0.3) is 0 Å². The summed E-state index contributed by atoms with van der Waals surface area (Å²) in [5.74, 6) is 0.315. The van der Waals surface area contributed by atoms with E-state index < -0.39 is 6.61 Å². The molecular formula is C9H9F2NO2. The molecule has 0 saturated heterocycles. The Morgan fingerprint density at radius 1 is 1.43 bits per heavy atom. The van der Waals surface area contributed by atoms with Gasteiger partial charge in [-0.3, -0.25) is 0 Å². The van der Waals surface area contributed by atoms with E-state index in [0.717, 1.165) is 18.4 Å². The number of aryl methyl sites for hydroxylation is 1. The Kier molecular flexibility index (Phi) is 2.47. The molecule has 0 bridgehead atoms. The van der Waals surface area contributed by atoms with Crippen LogP contribution in [0.15, 0.2) is 12.1 Å². The van der Waals surface area contributed by atoms with Crippen LogP contribution >= 0.6 is 0 Å². The van der Waals surface area contributed by atoms with Gasteiger partial charge in [-0.05, 0) is 18.9 Å². The van der Waals surface area contributed by atoms with Gasteiger partial charge in [0.25, 0.3) is 0 Å². The number of hydrogen-bond acceptors (Lipinski definition) is 3. The molecule has 0 aliphatic carbocycles. The maximum atomic E-state index is 11.8. The van der Waals surface area contributed by atoms with Crippen LogP contribution in [0.4, 0.5) is 8.78 Å². The summed E-state index contributed by atoms with van der Waals surface area (Å²) in [7, 11) is 0. The number of pyridine rings is 1. The molecule has 0 atom stereocenters. The van der Waals surface area contributed by atoms with Crippen LogP contribution in [-0.4, -0.2) is 18.2 Å². The molecule has 2 heterocycles. The van der Waals surface area contributed by atoms with Gasteiger partial charge in [0.15, 0.2) is 0 Å². The first-order valence-corrected chi connectivity index (χ1v) is 4.33. The summed E-state index contributed by atoms with van der Waals surface area (Å²) in [5.41, 5.74) is 0.942. The lowest BCUT2D eigenvalue weighted by Gasteiger charge is -2.16. The molecule has 3 nitrogen and oxygen atoms in total. The summed E-state index contributed by atoms with van der Waals surface area (Å²) in [6.45, 7) is -2.26. The van der Waals surface area contributed by atoms with Crippen molar-refractivity contribution in [2.24, 2.45) is 0 Å². The standard InChI is InChI=1S/C9H9F2NO2/c10-9(11)14-7-4-3-6-2-1-5-13-8(6)12-7/h3-4,9H,1-2,5H2. The second kappa shape index (κ2) is 3.77. The van der Waals surface area contributed by atoms with Gasteiger partial charge >= 0.3 is 6.61 Å². The van der Waals surface area contributed by atoms with Crippen molar-refractivity contribution in [3.05, 3.63) is 17.7 Å². The largest absolute Gasteiger partial charge is 0.477 e. The summed E-state index contributed by atoms with van der Waals surface area (Å²) >= 11 is 0. The van der Waals surface area contributed by atoms with Gasteiger partial charge in [0.1, 0.15) is 0 Å². The highest BCUT2D eigenvalue weighted by molar-refractivity contribution is 5.31. The molecule has 0 amide bonds. The topological polar surface area (TPSA) is 31.4 Å². The van der Waals surface area contributed by atoms with E-state index in [1.165, 1.54) is 6.07 Å². The number of ether oxygens (including phenoxy) is 2. The SMILES string of the molecule is FC(F)Oc1ccc2c(n1)OCCC2. The fourth-order valence-corrected chi connectivity index (χ4v) is 1.36. The van der Waals surface area contributed by atoms with Crippen molar-refractivity contribution >= 4 is 0 Å². The Bertz CT molecular complexity index is 331. The van der Waals surface area contributed by atoms with E-state index in [0.29, 0.717) is 12.5 Å². The lowest BCUT2D eigenvalue weighted by Crippen LogP contribution is -2.11. The van der Waals surface area contributed by atoms with Crippen molar-refractivity contribution in [2.45, 2.75) is 19.5 Å². The third kappa shape index (κ3) is 1.92. The summed E-state index contributed by atoms with van der Waals surface area (Å²) in [5, 5.41) is 0. The van der Waals surface area contributed by atoms with Gasteiger partial charge in [0.05, 0.1) is 6.61 Å². The molecule has 1 aromatic heterocycles. The molecule has 0 saturated carbocycles. The van der Waals surface area contributed by atoms with E-state index in [2.05, 4.69) is 9.72 Å². The van der Waals surface area contributed by atoms with E-state index in [1.807, 2.05) is 0 Å². The van der Waals surface area contributed by atoms with Crippen LogP contribution in [0.3, 0.4) is 0 Å². The number of alkyl halides is 2. The molecule has 1 aliphatic heterocycles. The smallest absolute Gasteiger partial charge is 0.388 e. The molecule has 0 fully saturated rings. The van der Waals surface area contributed by atoms with Crippen molar-refractivity contribution in [2.75, 3.05) is 6.61 Å². The molecular weight excluding hydrogens is 192 g/mol. The highest BCUT2D eigenvalue weighted by atomic mass is 19.3. The number of aromatic nitrogens is 1. The van der Waals surface area contributed by atoms with Gasteiger partial charge in [-0.25, -0.2) is 0 Å². The van der Waals surface area contributed by atoms with Crippen molar-refractivity contribution in [1.29, 1.82) is 0 Å². The predicted molar refractivity (Wildman–Crippen MR) is 44.7 cm³/mol. The van der Waals surface area contributed by atoms with Gasteiger partial charge in [-0.15, -0.1) is 0 Å². The Balaban J connectivity index is 2.20. The molecule has 0 unspecified atom stereocenters. The Morgan fingerprint density at radius 3 is 3.07 bits per heavy atom. The quantitative estimate of drug-likeness (QED) is 0.733. The molecule has 5 heteroatoms. The summed E-state index contributed by atoms with van der Waals surface area (Å²) in [6, 6.07) is 3.14. The van der Waals surface area contributed by atoms with Crippen molar-refractivity contribution < 1.29 is 18.3 Å². The summed E-state index contributed by atoms with van der Waals surface area (Å²) in [4.78, 5) is 3.83. The molecule has 2 rings (SSSR count). The van der Waals surface area contributed by atoms with Gasteiger partial charge in [0.2, 0.25) is 11.8 Å². The molecule has 0 spiro atoms. The van der Waals surface area contributed by atoms with Crippen LogP contribution in [-0.2, 0) is 6.42 Å². The fraction of sp³-hybridized carbons (Fsp3) is 0.444. The minimum atomic E-state index is -2.84. The summed E-state index contributed by atoms with van der Waals surface area (Å²) in [6.07, 6.45) is 1.81. The number of nitrogens with zero attached hydrogens (tertiary/aromatic N) is 1. The van der Waals surface area contributed by atoms with E-state index in [-0.39, 0.29) is 5.88 Å². The van der Waals surface area contributed by atoms with E-state index in [9.17, 15) is 8.78 Å². The lowest BCUT2D eigenvalue weighted by atomic mass is 10.1. The van der Waals surface area contributed by atoms with Gasteiger partial charge < -0.3 is 9.47 Å². The second-order valence-corrected chi connectivity index (χ2v) is 2.94. The molecule has 14 heavy (non-hydrogen) atoms. The maximum absolute atomic E-state index is 11.8.